The average molecular weight is 237 g/mol. The fraction of sp³-hybridized carbons (Fsp3) is 0.769. The molecule has 0 aromatic heterocycles. The van der Waals surface area contributed by atoms with Crippen LogP contribution in [-0.4, -0.2) is 29.0 Å². The number of ketones is 1. The molecule has 0 aromatic rings. The highest BCUT2D eigenvalue weighted by molar-refractivity contribution is 5.96. The number of nitrogens with zero attached hydrogens (tertiary/aromatic N) is 1. The first kappa shape index (κ1) is 12.3. The van der Waals surface area contributed by atoms with Gasteiger partial charge in [0.2, 0.25) is 11.8 Å². The minimum Gasteiger partial charge on any atom is -0.299 e. The molecule has 4 heteroatoms. The second-order valence-electron chi connectivity index (χ2n) is 4.99. The molecule has 2 fully saturated rings. The van der Waals surface area contributed by atoms with E-state index in [0.717, 1.165) is 25.7 Å². The molecule has 1 saturated heterocycles. The number of Topliss-reactive ketones (excluding diaryl/α,β-unsaturated/α-hetero) is 1. The van der Waals surface area contributed by atoms with E-state index in [1.807, 2.05) is 0 Å². The lowest BCUT2D eigenvalue weighted by Crippen LogP contribution is -2.36. The van der Waals surface area contributed by atoms with Crippen LogP contribution in [0.25, 0.3) is 0 Å². The van der Waals surface area contributed by atoms with Crippen LogP contribution in [-0.2, 0) is 14.4 Å². The van der Waals surface area contributed by atoms with Gasteiger partial charge in [-0.3, -0.25) is 19.3 Å². The van der Waals surface area contributed by atoms with Gasteiger partial charge in [0.25, 0.3) is 0 Å². The Labute approximate surface area is 101 Å². The van der Waals surface area contributed by atoms with Gasteiger partial charge in [-0.1, -0.05) is 0 Å². The fourth-order valence-corrected chi connectivity index (χ4v) is 2.69. The molecule has 94 valence electrons. The molecule has 0 radical (unpaired) electrons. The number of carbonyl (C=O) groups is 3. The molecule has 0 N–H and O–H groups in total. The predicted octanol–water partition coefficient (Wildman–Crippen LogP) is 1.67. The van der Waals surface area contributed by atoms with E-state index < -0.39 is 0 Å². The van der Waals surface area contributed by atoms with E-state index in [4.69, 9.17) is 0 Å². The fourth-order valence-electron chi connectivity index (χ4n) is 2.69. The summed E-state index contributed by atoms with van der Waals surface area (Å²) in [7, 11) is 0. The molecule has 2 rings (SSSR count). The van der Waals surface area contributed by atoms with Crippen molar-refractivity contribution in [3.8, 4) is 0 Å². The van der Waals surface area contributed by atoms with Gasteiger partial charge in [-0.15, -0.1) is 0 Å². The molecular weight excluding hydrogens is 218 g/mol. The maximum atomic E-state index is 11.7. The van der Waals surface area contributed by atoms with Crippen LogP contribution in [0.1, 0.15) is 51.4 Å². The third-order valence-corrected chi connectivity index (χ3v) is 3.77. The van der Waals surface area contributed by atoms with Gasteiger partial charge in [-0.05, 0) is 32.1 Å². The minimum atomic E-state index is -0.0575. The zero-order chi connectivity index (χ0) is 12.3. The molecule has 1 unspecified atom stereocenters. The normalized spacial score (nSPS) is 26.5. The topological polar surface area (TPSA) is 54.5 Å². The largest absolute Gasteiger partial charge is 0.299 e. The standard InChI is InChI=1S/C13H19NO3/c15-11-5-3-4-10(11)8-9-14-12(16)6-1-2-7-13(14)17/h10H,1-9H2. The van der Waals surface area contributed by atoms with Crippen molar-refractivity contribution in [3.63, 3.8) is 0 Å². The summed E-state index contributed by atoms with van der Waals surface area (Å²) in [6, 6.07) is 0. The molecule has 0 bridgehead atoms. The Morgan fingerprint density at radius 2 is 1.59 bits per heavy atom. The van der Waals surface area contributed by atoms with Crippen molar-refractivity contribution < 1.29 is 14.4 Å². The second kappa shape index (κ2) is 5.43. The SMILES string of the molecule is O=C1CCCC1CCN1C(=O)CCCCC1=O. The lowest BCUT2D eigenvalue weighted by molar-refractivity contribution is -0.144. The summed E-state index contributed by atoms with van der Waals surface area (Å²) in [5.41, 5.74) is 0. The number of hydrogen-bond acceptors (Lipinski definition) is 3. The molecule has 1 atom stereocenters. The smallest absolute Gasteiger partial charge is 0.229 e. The van der Waals surface area contributed by atoms with Crippen molar-refractivity contribution >= 4 is 17.6 Å². The Morgan fingerprint density at radius 3 is 2.12 bits per heavy atom. The van der Waals surface area contributed by atoms with E-state index in [9.17, 15) is 14.4 Å². The maximum Gasteiger partial charge on any atom is 0.229 e. The summed E-state index contributed by atoms with van der Waals surface area (Å²) < 4.78 is 0. The van der Waals surface area contributed by atoms with Crippen LogP contribution in [0.4, 0.5) is 0 Å². The third-order valence-electron chi connectivity index (χ3n) is 3.77. The van der Waals surface area contributed by atoms with Crippen LogP contribution in [0.15, 0.2) is 0 Å². The van der Waals surface area contributed by atoms with E-state index in [-0.39, 0.29) is 17.7 Å². The lowest BCUT2D eigenvalue weighted by atomic mass is 10.0. The highest BCUT2D eigenvalue weighted by Gasteiger charge is 2.28. The quantitative estimate of drug-likeness (QED) is 0.702. The van der Waals surface area contributed by atoms with Crippen LogP contribution < -0.4 is 0 Å². The van der Waals surface area contributed by atoms with Crippen LogP contribution in [0, 0.1) is 5.92 Å². The average Bonchev–Trinajstić information content (AvgIpc) is 2.63. The number of imide groups is 1. The molecule has 2 amide bonds. The van der Waals surface area contributed by atoms with Crippen molar-refractivity contribution in [1.82, 2.24) is 4.90 Å². The number of amides is 2. The van der Waals surface area contributed by atoms with Crippen molar-refractivity contribution in [2.24, 2.45) is 5.92 Å². The summed E-state index contributed by atoms with van der Waals surface area (Å²) in [5, 5.41) is 0. The van der Waals surface area contributed by atoms with Crippen molar-refractivity contribution in [1.29, 1.82) is 0 Å². The summed E-state index contributed by atoms with van der Waals surface area (Å²) >= 11 is 0. The first-order valence-electron chi connectivity index (χ1n) is 6.54. The molecule has 2 aliphatic rings. The zero-order valence-electron chi connectivity index (χ0n) is 10.1. The molecule has 1 saturated carbocycles. The maximum absolute atomic E-state index is 11.7. The third kappa shape index (κ3) is 2.93. The monoisotopic (exact) mass is 237 g/mol. The first-order valence-corrected chi connectivity index (χ1v) is 6.54. The van der Waals surface area contributed by atoms with E-state index in [2.05, 4.69) is 0 Å². The van der Waals surface area contributed by atoms with E-state index >= 15 is 0 Å². The summed E-state index contributed by atoms with van der Waals surface area (Å²) in [6.45, 7) is 0.439. The number of carbonyl (C=O) groups excluding carboxylic acids is 3. The first-order chi connectivity index (χ1) is 8.18. The van der Waals surface area contributed by atoms with Gasteiger partial charge in [0.15, 0.2) is 0 Å². The summed E-state index contributed by atoms with van der Waals surface area (Å²) in [4.78, 5) is 36.3. The van der Waals surface area contributed by atoms with Crippen molar-refractivity contribution in [3.05, 3.63) is 0 Å². The molecule has 1 aliphatic heterocycles. The van der Waals surface area contributed by atoms with Gasteiger partial charge in [0, 0.05) is 31.7 Å². The van der Waals surface area contributed by atoms with Crippen LogP contribution in [0.2, 0.25) is 0 Å². The molecule has 17 heavy (non-hydrogen) atoms. The van der Waals surface area contributed by atoms with Gasteiger partial charge in [-0.2, -0.15) is 0 Å². The molecule has 1 aliphatic carbocycles. The number of likely N-dealkylation sites (tertiary alicyclic amines) is 1. The zero-order valence-corrected chi connectivity index (χ0v) is 10.1. The van der Waals surface area contributed by atoms with Gasteiger partial charge < -0.3 is 0 Å². The van der Waals surface area contributed by atoms with Crippen molar-refractivity contribution in [2.45, 2.75) is 51.4 Å². The highest BCUT2D eigenvalue weighted by atomic mass is 16.2. The summed E-state index contributed by atoms with van der Waals surface area (Å²) in [6.07, 6.45) is 5.80. The second-order valence-corrected chi connectivity index (χ2v) is 4.99. The molecular formula is C13H19NO3. The van der Waals surface area contributed by atoms with Gasteiger partial charge in [0.05, 0.1) is 0 Å². The van der Waals surface area contributed by atoms with Gasteiger partial charge >= 0.3 is 0 Å². The Hall–Kier alpha value is -1.19. The predicted molar refractivity (Wildman–Crippen MR) is 62.2 cm³/mol. The summed E-state index contributed by atoms with van der Waals surface area (Å²) in [5.74, 6) is 0.273. The van der Waals surface area contributed by atoms with Gasteiger partial charge in [-0.25, -0.2) is 0 Å². The highest BCUT2D eigenvalue weighted by Crippen LogP contribution is 2.25. The van der Waals surface area contributed by atoms with Crippen LogP contribution in [0.3, 0.4) is 0 Å². The molecule has 0 spiro atoms. The number of hydrogen-bond donors (Lipinski definition) is 0. The molecule has 1 heterocycles. The Kier molecular flexibility index (Phi) is 3.92. The van der Waals surface area contributed by atoms with Crippen LogP contribution in [0.5, 0.6) is 0 Å². The Morgan fingerprint density at radius 1 is 0.941 bits per heavy atom. The molecule has 4 nitrogen and oxygen atoms in total. The van der Waals surface area contributed by atoms with Crippen LogP contribution >= 0.6 is 0 Å². The minimum absolute atomic E-state index is 0.0575. The number of rotatable bonds is 3. The van der Waals surface area contributed by atoms with E-state index in [0.29, 0.717) is 38.0 Å². The van der Waals surface area contributed by atoms with Gasteiger partial charge in [0.1, 0.15) is 5.78 Å². The van der Waals surface area contributed by atoms with E-state index in [1.54, 1.807) is 0 Å². The Bertz CT molecular complexity index is 320. The lowest BCUT2D eigenvalue weighted by Gasteiger charge is -2.20. The Balaban J connectivity index is 1.89. The van der Waals surface area contributed by atoms with Crippen molar-refractivity contribution in [2.75, 3.05) is 6.54 Å². The van der Waals surface area contributed by atoms with E-state index in [1.165, 1.54) is 4.90 Å². The molecule has 0 aromatic carbocycles.